The Balaban J connectivity index is 0.00000121. The van der Waals surface area contributed by atoms with Crippen LogP contribution in [0.1, 0.15) is 72.3 Å². The van der Waals surface area contributed by atoms with Crippen LogP contribution in [0.15, 0.2) is 35.0 Å². The number of aromatic nitrogens is 2. The number of nitrogens with zero attached hydrogens (tertiary/aromatic N) is 3. The zero-order chi connectivity index (χ0) is 24.5. The number of alkyl halides is 2. The summed E-state index contributed by atoms with van der Waals surface area (Å²) in [7, 11) is 0. The van der Waals surface area contributed by atoms with E-state index in [9.17, 15) is 8.78 Å². The Morgan fingerprint density at radius 1 is 1.31 bits per heavy atom. The maximum atomic E-state index is 14.6. The lowest BCUT2D eigenvalue weighted by Crippen LogP contribution is -2.46. The quantitative estimate of drug-likeness (QED) is 0.488. The van der Waals surface area contributed by atoms with Gasteiger partial charge in [-0.3, -0.25) is 0 Å². The van der Waals surface area contributed by atoms with Crippen molar-refractivity contribution >= 4 is 11.9 Å². The van der Waals surface area contributed by atoms with Crippen LogP contribution in [0.5, 0.6) is 0 Å². The van der Waals surface area contributed by atoms with Gasteiger partial charge in [0.25, 0.3) is 5.92 Å². The van der Waals surface area contributed by atoms with E-state index in [0.29, 0.717) is 17.8 Å². The predicted octanol–water partition coefficient (Wildman–Crippen LogP) is 6.57. The van der Waals surface area contributed by atoms with E-state index in [1.54, 1.807) is 30.0 Å². The molecule has 2 N–H and O–H groups in total. The Morgan fingerprint density at radius 3 is 2.50 bits per heavy atom. The minimum Gasteiger partial charge on any atom is -0.382 e. The molecule has 1 unspecified atom stereocenters. The highest BCUT2D eigenvalue weighted by molar-refractivity contribution is 5.87. The Kier molecular flexibility index (Phi) is 10.5. The van der Waals surface area contributed by atoms with Gasteiger partial charge in [0.1, 0.15) is 5.92 Å². The van der Waals surface area contributed by atoms with E-state index in [-0.39, 0.29) is 24.2 Å². The molecular weight excluding hydrogens is 412 g/mol. The smallest absolute Gasteiger partial charge is 0.276 e. The summed E-state index contributed by atoms with van der Waals surface area (Å²) in [5, 5.41) is 14.7. The fourth-order valence-corrected chi connectivity index (χ4v) is 3.32. The Hall–Kier alpha value is -2.77. The van der Waals surface area contributed by atoms with Crippen molar-refractivity contribution in [2.75, 3.05) is 18.4 Å². The second-order valence-electron chi connectivity index (χ2n) is 7.46. The van der Waals surface area contributed by atoms with Crippen molar-refractivity contribution in [3.05, 3.63) is 41.9 Å². The van der Waals surface area contributed by atoms with E-state index < -0.39 is 18.4 Å². The SMILES string of the molecule is C=C(C)N1CCC(c2nc(-c3ccc(C=N)c(NC(C)C)c3)no2)C(F)(F)C1.CC.CC. The first-order chi connectivity index (χ1) is 15.2. The molecule has 32 heavy (non-hydrogen) atoms. The molecule has 0 amide bonds. The Morgan fingerprint density at radius 2 is 1.97 bits per heavy atom. The number of nitrogens with one attached hydrogen (secondary N) is 2. The van der Waals surface area contributed by atoms with Crippen molar-refractivity contribution in [1.29, 1.82) is 5.41 Å². The van der Waals surface area contributed by atoms with Gasteiger partial charge in [0.2, 0.25) is 11.7 Å². The summed E-state index contributed by atoms with van der Waals surface area (Å²) in [5.74, 6) is -3.87. The van der Waals surface area contributed by atoms with E-state index in [1.165, 1.54) is 6.21 Å². The summed E-state index contributed by atoms with van der Waals surface area (Å²) in [6.45, 7) is 17.5. The standard InChI is InChI=1S/C20H25F2N5O.2C2H6/c1-12(2)24-17-9-14(5-6-15(17)10-23)18-25-19(28-26-18)16-7-8-27(13(3)4)11-20(16,21)22;2*1-2/h5-6,9-10,12,16,23-24H,3,7-8,11H2,1-2,4H3;2*1-2H3. The number of halogens is 2. The number of anilines is 1. The van der Waals surface area contributed by atoms with Gasteiger partial charge in [0, 0.05) is 41.3 Å². The molecule has 0 aliphatic carbocycles. The average Bonchev–Trinajstić information content (AvgIpc) is 3.25. The zero-order valence-electron chi connectivity index (χ0n) is 20.3. The van der Waals surface area contributed by atoms with Crippen molar-refractivity contribution in [3.63, 3.8) is 0 Å². The van der Waals surface area contributed by atoms with Gasteiger partial charge in [-0.2, -0.15) is 4.98 Å². The van der Waals surface area contributed by atoms with Crippen LogP contribution < -0.4 is 5.32 Å². The van der Waals surface area contributed by atoms with Crippen molar-refractivity contribution < 1.29 is 13.3 Å². The zero-order valence-corrected chi connectivity index (χ0v) is 20.3. The molecule has 1 aliphatic heterocycles. The molecular formula is C24H37F2N5O. The third-order valence-electron chi connectivity index (χ3n) is 4.79. The molecule has 1 aliphatic rings. The van der Waals surface area contributed by atoms with E-state index in [4.69, 9.17) is 9.93 Å². The van der Waals surface area contributed by atoms with Crippen LogP contribution in [-0.4, -0.2) is 46.3 Å². The first kappa shape index (κ1) is 27.3. The molecule has 1 aromatic heterocycles. The normalized spacial score (nSPS) is 16.9. The topological polar surface area (TPSA) is 78.0 Å². The Bertz CT molecular complexity index is 879. The predicted molar refractivity (Wildman–Crippen MR) is 128 cm³/mol. The number of benzene rings is 1. The van der Waals surface area contributed by atoms with E-state index in [2.05, 4.69) is 22.0 Å². The molecule has 1 saturated heterocycles. The molecule has 178 valence electrons. The second-order valence-corrected chi connectivity index (χ2v) is 7.46. The van der Waals surface area contributed by atoms with Crippen LogP contribution in [-0.2, 0) is 0 Å². The van der Waals surface area contributed by atoms with Crippen LogP contribution >= 0.6 is 0 Å². The summed E-state index contributed by atoms with van der Waals surface area (Å²) in [6, 6.07) is 5.49. The van der Waals surface area contributed by atoms with Crippen LogP contribution in [0.4, 0.5) is 14.5 Å². The highest BCUT2D eigenvalue weighted by Crippen LogP contribution is 2.41. The van der Waals surface area contributed by atoms with Gasteiger partial charge in [0.05, 0.1) is 6.54 Å². The summed E-state index contributed by atoms with van der Waals surface area (Å²) in [4.78, 5) is 5.84. The number of likely N-dealkylation sites (tertiary alicyclic amines) is 1. The van der Waals surface area contributed by atoms with E-state index in [0.717, 1.165) is 11.3 Å². The molecule has 3 rings (SSSR count). The number of allylic oxidation sites excluding steroid dienone is 1. The van der Waals surface area contributed by atoms with Gasteiger partial charge in [-0.25, -0.2) is 8.78 Å². The Labute approximate surface area is 190 Å². The fourth-order valence-electron chi connectivity index (χ4n) is 3.32. The lowest BCUT2D eigenvalue weighted by atomic mass is 9.92. The number of rotatable bonds is 6. The largest absolute Gasteiger partial charge is 0.382 e. The second kappa shape index (κ2) is 12.3. The first-order valence-electron chi connectivity index (χ1n) is 11.2. The van der Waals surface area contributed by atoms with Crippen molar-refractivity contribution in [2.45, 2.75) is 72.8 Å². The molecule has 1 aromatic carbocycles. The molecule has 0 saturated carbocycles. The van der Waals surface area contributed by atoms with Crippen molar-refractivity contribution in [1.82, 2.24) is 15.0 Å². The summed E-state index contributed by atoms with van der Waals surface area (Å²) in [6.07, 6.45) is 1.47. The maximum absolute atomic E-state index is 14.6. The van der Waals surface area contributed by atoms with E-state index >= 15 is 0 Å². The summed E-state index contributed by atoms with van der Waals surface area (Å²) >= 11 is 0. The minimum absolute atomic E-state index is 0.0455. The van der Waals surface area contributed by atoms with Gasteiger partial charge < -0.3 is 20.1 Å². The number of hydrogen-bond donors (Lipinski definition) is 2. The highest BCUT2D eigenvalue weighted by atomic mass is 19.3. The molecule has 2 heterocycles. The van der Waals surface area contributed by atoms with Crippen LogP contribution in [0, 0.1) is 5.41 Å². The molecule has 2 aromatic rings. The molecule has 8 heteroatoms. The summed E-state index contributed by atoms with van der Waals surface area (Å²) < 4.78 is 34.5. The van der Waals surface area contributed by atoms with Gasteiger partial charge in [0.15, 0.2) is 0 Å². The molecule has 1 atom stereocenters. The van der Waals surface area contributed by atoms with Crippen LogP contribution in [0.2, 0.25) is 0 Å². The third kappa shape index (κ3) is 6.61. The van der Waals surface area contributed by atoms with Crippen LogP contribution in [0.25, 0.3) is 11.4 Å². The first-order valence-corrected chi connectivity index (χ1v) is 11.2. The lowest BCUT2D eigenvalue weighted by Gasteiger charge is -2.38. The fraction of sp³-hybridized carbons (Fsp3) is 0.542. The summed E-state index contributed by atoms with van der Waals surface area (Å²) in [5.41, 5.74) is 2.75. The van der Waals surface area contributed by atoms with Gasteiger partial charge >= 0.3 is 0 Å². The average molecular weight is 450 g/mol. The highest BCUT2D eigenvalue weighted by Gasteiger charge is 2.48. The molecule has 1 fully saturated rings. The molecule has 6 nitrogen and oxygen atoms in total. The number of piperidine rings is 1. The van der Waals surface area contributed by atoms with E-state index in [1.807, 2.05) is 41.5 Å². The monoisotopic (exact) mass is 449 g/mol. The maximum Gasteiger partial charge on any atom is 0.276 e. The minimum atomic E-state index is -2.98. The molecule has 0 spiro atoms. The lowest BCUT2D eigenvalue weighted by molar-refractivity contribution is -0.0818. The van der Waals surface area contributed by atoms with Gasteiger partial charge in [-0.15, -0.1) is 0 Å². The molecule has 0 radical (unpaired) electrons. The van der Waals surface area contributed by atoms with Gasteiger partial charge in [-0.05, 0) is 33.3 Å². The molecule has 0 bridgehead atoms. The van der Waals surface area contributed by atoms with Crippen molar-refractivity contribution in [2.24, 2.45) is 0 Å². The third-order valence-corrected chi connectivity index (χ3v) is 4.79. The number of hydrogen-bond acceptors (Lipinski definition) is 6. The van der Waals surface area contributed by atoms with Crippen molar-refractivity contribution in [3.8, 4) is 11.4 Å². The van der Waals surface area contributed by atoms with Crippen LogP contribution in [0.3, 0.4) is 0 Å². The van der Waals surface area contributed by atoms with Gasteiger partial charge in [-0.1, -0.05) is 51.6 Å².